The molecule has 106 valence electrons. The summed E-state index contributed by atoms with van der Waals surface area (Å²) in [6.45, 7) is 2.14. The van der Waals surface area contributed by atoms with Crippen molar-refractivity contribution in [3.63, 3.8) is 0 Å². The van der Waals surface area contributed by atoms with Crippen LogP contribution in [0.2, 0.25) is 0 Å². The number of carbonyl (C=O) groups is 1. The van der Waals surface area contributed by atoms with Crippen LogP contribution in [0.15, 0.2) is 4.52 Å². The Labute approximate surface area is 116 Å². The molecule has 0 bridgehead atoms. The Bertz CT molecular complexity index is 420. The molecule has 0 saturated heterocycles. The van der Waals surface area contributed by atoms with Crippen molar-refractivity contribution in [2.45, 2.75) is 43.9 Å². The second-order valence-electron chi connectivity index (χ2n) is 4.52. The Hall–Kier alpha value is -1.08. The van der Waals surface area contributed by atoms with Gasteiger partial charge in [-0.3, -0.25) is 4.79 Å². The Balaban J connectivity index is 1.61. The third kappa shape index (κ3) is 4.50. The molecule has 0 aliphatic heterocycles. The van der Waals surface area contributed by atoms with E-state index in [0.29, 0.717) is 24.7 Å². The molecule has 1 aromatic rings. The molecular formula is C12H19N3O3S. The van der Waals surface area contributed by atoms with Crippen molar-refractivity contribution < 1.29 is 14.1 Å². The minimum Gasteiger partial charge on any atom is -0.465 e. The van der Waals surface area contributed by atoms with Crippen molar-refractivity contribution in [3.05, 3.63) is 11.7 Å². The van der Waals surface area contributed by atoms with Gasteiger partial charge in [0.15, 0.2) is 5.82 Å². The molecule has 7 heteroatoms. The van der Waals surface area contributed by atoms with Crippen molar-refractivity contribution >= 4 is 17.7 Å². The summed E-state index contributed by atoms with van der Waals surface area (Å²) >= 11 is 1.64. The summed E-state index contributed by atoms with van der Waals surface area (Å²) in [6, 6.07) is -0.542. The lowest BCUT2D eigenvalue weighted by Gasteiger charge is -2.09. The van der Waals surface area contributed by atoms with Crippen LogP contribution >= 0.6 is 11.8 Å². The number of esters is 1. The number of aromatic nitrogens is 2. The molecule has 19 heavy (non-hydrogen) atoms. The van der Waals surface area contributed by atoms with Crippen LogP contribution in [-0.2, 0) is 15.3 Å². The molecular weight excluding hydrogens is 266 g/mol. The first-order valence-electron chi connectivity index (χ1n) is 6.53. The maximum absolute atomic E-state index is 11.3. The minimum absolute atomic E-state index is 0.335. The van der Waals surface area contributed by atoms with Crippen LogP contribution in [0, 0.1) is 0 Å². The van der Waals surface area contributed by atoms with Crippen molar-refractivity contribution in [3.8, 4) is 0 Å². The van der Waals surface area contributed by atoms with Crippen molar-refractivity contribution in [2.75, 3.05) is 12.4 Å². The molecule has 1 unspecified atom stereocenters. The van der Waals surface area contributed by atoms with Gasteiger partial charge in [0.25, 0.3) is 0 Å². The summed E-state index contributed by atoms with van der Waals surface area (Å²) in [4.78, 5) is 15.6. The fourth-order valence-corrected chi connectivity index (χ4v) is 2.43. The molecule has 0 amide bonds. The average molecular weight is 285 g/mol. The van der Waals surface area contributed by atoms with Crippen LogP contribution in [0.3, 0.4) is 0 Å². The molecule has 1 saturated carbocycles. The number of rotatable bonds is 8. The van der Waals surface area contributed by atoms with Gasteiger partial charge in [0.2, 0.25) is 5.89 Å². The zero-order valence-electron chi connectivity index (χ0n) is 11.0. The summed E-state index contributed by atoms with van der Waals surface area (Å²) in [5, 5.41) is 3.93. The standard InChI is InChI=1S/C12H19N3O3S/c1-2-17-12(16)9(13)5-6-19-7-10-14-11(18-15-10)8-3-4-8/h8-9H,2-7,13H2,1H3. The molecule has 0 aromatic carbocycles. The van der Waals surface area contributed by atoms with Crippen LogP contribution < -0.4 is 5.73 Å². The smallest absolute Gasteiger partial charge is 0.322 e. The van der Waals surface area contributed by atoms with E-state index >= 15 is 0 Å². The Morgan fingerprint density at radius 3 is 3.11 bits per heavy atom. The highest BCUT2D eigenvalue weighted by Crippen LogP contribution is 2.38. The molecule has 1 atom stereocenters. The van der Waals surface area contributed by atoms with Crippen LogP contribution in [0.4, 0.5) is 0 Å². The van der Waals surface area contributed by atoms with Crippen molar-refractivity contribution in [2.24, 2.45) is 5.73 Å². The molecule has 1 fully saturated rings. The average Bonchev–Trinajstić information content (AvgIpc) is 3.14. The topological polar surface area (TPSA) is 91.2 Å². The number of hydrogen-bond acceptors (Lipinski definition) is 7. The second kappa shape index (κ2) is 6.91. The predicted octanol–water partition coefficient (Wildman–Crippen LogP) is 1.46. The number of ether oxygens (including phenoxy) is 1. The van der Waals surface area contributed by atoms with Crippen LogP contribution in [0.5, 0.6) is 0 Å². The zero-order chi connectivity index (χ0) is 13.7. The van der Waals surface area contributed by atoms with E-state index in [0.717, 1.165) is 30.3 Å². The fourth-order valence-electron chi connectivity index (χ4n) is 1.56. The Kier molecular flexibility index (Phi) is 5.21. The first-order chi connectivity index (χ1) is 9.20. The van der Waals surface area contributed by atoms with Gasteiger partial charge in [-0.2, -0.15) is 16.7 Å². The van der Waals surface area contributed by atoms with Gasteiger partial charge >= 0.3 is 5.97 Å². The van der Waals surface area contributed by atoms with Gasteiger partial charge in [-0.05, 0) is 31.9 Å². The molecule has 1 aliphatic carbocycles. The first kappa shape index (κ1) is 14.3. The lowest BCUT2D eigenvalue weighted by Crippen LogP contribution is -2.32. The molecule has 6 nitrogen and oxygen atoms in total. The van der Waals surface area contributed by atoms with Crippen LogP contribution in [0.1, 0.15) is 43.8 Å². The monoisotopic (exact) mass is 285 g/mol. The quantitative estimate of drug-likeness (QED) is 0.571. The highest BCUT2D eigenvalue weighted by molar-refractivity contribution is 7.98. The molecule has 2 N–H and O–H groups in total. The lowest BCUT2D eigenvalue weighted by atomic mass is 10.2. The summed E-state index contributed by atoms with van der Waals surface area (Å²) in [5.74, 6) is 3.09. The highest BCUT2D eigenvalue weighted by atomic mass is 32.2. The van der Waals surface area contributed by atoms with E-state index in [2.05, 4.69) is 10.1 Å². The molecule has 0 radical (unpaired) electrons. The van der Waals surface area contributed by atoms with E-state index in [1.807, 2.05) is 0 Å². The van der Waals surface area contributed by atoms with E-state index in [1.54, 1.807) is 18.7 Å². The van der Waals surface area contributed by atoms with E-state index in [9.17, 15) is 4.79 Å². The normalized spacial score (nSPS) is 16.3. The van der Waals surface area contributed by atoms with Gasteiger partial charge in [-0.1, -0.05) is 5.16 Å². The predicted molar refractivity (Wildman–Crippen MR) is 71.7 cm³/mol. The molecule has 1 aromatic heterocycles. The third-order valence-corrected chi connectivity index (χ3v) is 3.79. The maximum Gasteiger partial charge on any atom is 0.322 e. The fraction of sp³-hybridized carbons (Fsp3) is 0.750. The SMILES string of the molecule is CCOC(=O)C(N)CCSCc1noc(C2CC2)n1. The third-order valence-electron chi connectivity index (χ3n) is 2.80. The molecule has 1 aliphatic rings. The Morgan fingerprint density at radius 2 is 2.42 bits per heavy atom. The number of thioether (sulfide) groups is 1. The van der Waals surface area contributed by atoms with Crippen molar-refractivity contribution in [1.82, 2.24) is 10.1 Å². The summed E-state index contributed by atoms with van der Waals surface area (Å²) in [5.41, 5.74) is 5.70. The van der Waals surface area contributed by atoms with Crippen LogP contribution in [0.25, 0.3) is 0 Å². The molecule has 1 heterocycles. The zero-order valence-corrected chi connectivity index (χ0v) is 11.8. The maximum atomic E-state index is 11.3. The Morgan fingerprint density at radius 1 is 1.63 bits per heavy atom. The summed E-state index contributed by atoms with van der Waals surface area (Å²) in [7, 11) is 0. The van der Waals surface area contributed by atoms with Gasteiger partial charge in [0, 0.05) is 5.92 Å². The summed E-state index contributed by atoms with van der Waals surface area (Å²) in [6.07, 6.45) is 2.91. The largest absolute Gasteiger partial charge is 0.465 e. The summed E-state index contributed by atoms with van der Waals surface area (Å²) < 4.78 is 10.0. The van der Waals surface area contributed by atoms with Gasteiger partial charge < -0.3 is 15.0 Å². The van der Waals surface area contributed by atoms with Gasteiger partial charge in [-0.15, -0.1) is 0 Å². The van der Waals surface area contributed by atoms with Crippen molar-refractivity contribution in [1.29, 1.82) is 0 Å². The lowest BCUT2D eigenvalue weighted by molar-refractivity contribution is -0.144. The number of hydrogen-bond donors (Lipinski definition) is 1. The van der Waals surface area contributed by atoms with Gasteiger partial charge in [-0.25, -0.2) is 0 Å². The van der Waals surface area contributed by atoms with E-state index in [1.165, 1.54) is 0 Å². The van der Waals surface area contributed by atoms with E-state index in [4.69, 9.17) is 15.0 Å². The molecule has 2 rings (SSSR count). The number of nitrogens with zero attached hydrogens (tertiary/aromatic N) is 2. The van der Waals surface area contributed by atoms with E-state index < -0.39 is 6.04 Å². The second-order valence-corrected chi connectivity index (χ2v) is 5.63. The van der Waals surface area contributed by atoms with E-state index in [-0.39, 0.29) is 5.97 Å². The minimum atomic E-state index is -0.542. The van der Waals surface area contributed by atoms with Crippen LogP contribution in [-0.4, -0.2) is 34.5 Å². The first-order valence-corrected chi connectivity index (χ1v) is 7.68. The highest BCUT2D eigenvalue weighted by Gasteiger charge is 2.29. The number of carbonyl (C=O) groups excluding carboxylic acids is 1. The molecule has 0 spiro atoms. The number of nitrogens with two attached hydrogens (primary N) is 1. The van der Waals surface area contributed by atoms with Gasteiger partial charge in [0.05, 0.1) is 12.4 Å². The van der Waals surface area contributed by atoms with Gasteiger partial charge in [0.1, 0.15) is 6.04 Å².